The largest absolute Gasteiger partial charge is 0.417 e. The lowest BCUT2D eigenvalue weighted by atomic mass is 9.76. The molecule has 3 aliphatic rings. The van der Waals surface area contributed by atoms with Crippen LogP contribution in [-0.2, 0) is 25.2 Å². The van der Waals surface area contributed by atoms with Crippen LogP contribution in [0.2, 0.25) is 0 Å². The molecule has 27 heavy (non-hydrogen) atoms. The summed E-state index contributed by atoms with van der Waals surface area (Å²) >= 11 is 1.63. The summed E-state index contributed by atoms with van der Waals surface area (Å²) in [6.07, 6.45) is -4.47. The van der Waals surface area contributed by atoms with Gasteiger partial charge in [0.25, 0.3) is 0 Å². The Balaban J connectivity index is 1.88. The number of carbonyl (C=O) groups is 2. The lowest BCUT2D eigenvalue weighted by Gasteiger charge is -2.37. The van der Waals surface area contributed by atoms with E-state index in [-0.39, 0.29) is 41.6 Å². The van der Waals surface area contributed by atoms with E-state index in [9.17, 15) is 22.8 Å². The fourth-order valence-corrected chi connectivity index (χ4v) is 4.46. The van der Waals surface area contributed by atoms with Gasteiger partial charge in [-0.05, 0) is 40.3 Å². The molecule has 1 aromatic carbocycles. The highest BCUT2D eigenvalue weighted by Gasteiger charge is 2.41. The maximum Gasteiger partial charge on any atom is 0.417 e. The van der Waals surface area contributed by atoms with Crippen LogP contribution in [0.25, 0.3) is 0 Å². The summed E-state index contributed by atoms with van der Waals surface area (Å²) in [7, 11) is 0. The second-order valence-electron chi connectivity index (χ2n) is 6.41. The number of rotatable bonds is 1. The maximum atomic E-state index is 13.1. The van der Waals surface area contributed by atoms with E-state index in [1.807, 2.05) is 0 Å². The van der Waals surface area contributed by atoms with Crippen LogP contribution < -0.4 is 5.32 Å². The van der Waals surface area contributed by atoms with Gasteiger partial charge in [-0.1, -0.05) is 6.07 Å². The van der Waals surface area contributed by atoms with Gasteiger partial charge in [0.1, 0.15) is 13.2 Å². The Morgan fingerprint density at radius 2 is 1.52 bits per heavy atom. The average molecular weight is 489 g/mol. The number of ketones is 2. The number of carbonyl (C=O) groups excluding carboxylic acids is 2. The number of hydrogen-bond donors (Lipinski definition) is 1. The van der Waals surface area contributed by atoms with Crippen LogP contribution in [-0.4, -0.2) is 38.0 Å². The molecule has 0 aliphatic carbocycles. The minimum absolute atomic E-state index is 0.0134. The lowest BCUT2D eigenvalue weighted by molar-refractivity contribution is -0.138. The normalized spacial score (nSPS) is 21.2. The van der Waals surface area contributed by atoms with Crippen molar-refractivity contribution in [3.05, 3.63) is 55.4 Å². The maximum absolute atomic E-state index is 13.1. The minimum atomic E-state index is -4.47. The van der Waals surface area contributed by atoms with E-state index in [0.29, 0.717) is 28.1 Å². The molecule has 9 heteroatoms. The summed E-state index contributed by atoms with van der Waals surface area (Å²) in [5, 5.41) is 3.05. The predicted molar refractivity (Wildman–Crippen MR) is 95.7 cm³/mol. The van der Waals surface area contributed by atoms with Crippen LogP contribution in [0.5, 0.6) is 0 Å². The quantitative estimate of drug-likeness (QED) is 0.615. The van der Waals surface area contributed by atoms with Crippen LogP contribution >= 0.6 is 22.6 Å². The zero-order chi connectivity index (χ0) is 19.3. The second-order valence-corrected chi connectivity index (χ2v) is 7.57. The van der Waals surface area contributed by atoms with E-state index >= 15 is 0 Å². The number of alkyl halides is 3. The molecule has 5 nitrogen and oxygen atoms in total. The molecular formula is C18H13F3INO4. The first-order chi connectivity index (χ1) is 12.8. The van der Waals surface area contributed by atoms with Gasteiger partial charge < -0.3 is 14.8 Å². The van der Waals surface area contributed by atoms with Crippen molar-refractivity contribution >= 4 is 34.2 Å². The summed E-state index contributed by atoms with van der Waals surface area (Å²) < 4.78 is 49.9. The number of halogens is 4. The summed E-state index contributed by atoms with van der Waals surface area (Å²) in [4.78, 5) is 25.1. The molecule has 142 valence electrons. The first kappa shape index (κ1) is 18.6. The van der Waals surface area contributed by atoms with E-state index in [0.717, 1.165) is 6.07 Å². The molecule has 0 saturated carbocycles. The highest BCUT2D eigenvalue weighted by atomic mass is 125. The molecule has 0 saturated heterocycles. The molecule has 0 unspecified atom stereocenters. The van der Waals surface area contributed by atoms with Crippen molar-refractivity contribution < 1.29 is 32.2 Å². The molecule has 1 aromatic rings. The molecule has 0 amide bonds. The summed E-state index contributed by atoms with van der Waals surface area (Å²) in [6.45, 7) is 0.0879. The van der Waals surface area contributed by atoms with Crippen molar-refractivity contribution in [2.24, 2.45) is 0 Å². The molecule has 3 aliphatic heterocycles. The Labute approximate surface area is 165 Å². The molecule has 0 bridgehead atoms. The number of ether oxygens (including phenoxy) is 2. The van der Waals surface area contributed by atoms with Crippen LogP contribution in [0, 0.1) is 3.57 Å². The fraction of sp³-hybridized carbons (Fsp3) is 0.333. The third kappa shape index (κ3) is 3.21. The monoisotopic (exact) mass is 489 g/mol. The van der Waals surface area contributed by atoms with Crippen LogP contribution in [0.1, 0.15) is 17.0 Å². The van der Waals surface area contributed by atoms with E-state index in [2.05, 4.69) is 5.32 Å². The Kier molecular flexibility index (Phi) is 4.63. The molecule has 3 heterocycles. The fourth-order valence-electron chi connectivity index (χ4n) is 3.62. The van der Waals surface area contributed by atoms with Gasteiger partial charge in [0.05, 0.1) is 18.8 Å². The van der Waals surface area contributed by atoms with Gasteiger partial charge in [0.2, 0.25) is 0 Å². The van der Waals surface area contributed by atoms with Gasteiger partial charge in [0, 0.05) is 32.0 Å². The first-order valence-electron chi connectivity index (χ1n) is 8.09. The Bertz CT molecular complexity index is 878. The van der Waals surface area contributed by atoms with Gasteiger partial charge in [-0.25, -0.2) is 0 Å². The van der Waals surface area contributed by atoms with Gasteiger partial charge in [-0.2, -0.15) is 13.2 Å². The topological polar surface area (TPSA) is 64.6 Å². The van der Waals surface area contributed by atoms with Gasteiger partial charge in [-0.3, -0.25) is 9.59 Å². The van der Waals surface area contributed by atoms with Crippen molar-refractivity contribution in [3.8, 4) is 0 Å². The number of dihydropyridines is 1. The number of Topliss-reactive ketones (excluding diaryl/α,β-unsaturated/α-hetero) is 2. The molecule has 4 rings (SSSR count). The van der Waals surface area contributed by atoms with Crippen LogP contribution in [0.4, 0.5) is 13.2 Å². The van der Waals surface area contributed by atoms with Crippen molar-refractivity contribution in [1.82, 2.24) is 5.32 Å². The molecule has 0 aromatic heterocycles. The summed E-state index contributed by atoms with van der Waals surface area (Å²) in [6, 6.07) is 3.72. The number of nitrogens with one attached hydrogen (secondary N) is 1. The van der Waals surface area contributed by atoms with E-state index in [4.69, 9.17) is 9.47 Å². The zero-order valence-electron chi connectivity index (χ0n) is 13.8. The van der Waals surface area contributed by atoms with Crippen molar-refractivity contribution in [2.75, 3.05) is 26.4 Å². The lowest BCUT2D eigenvalue weighted by Crippen LogP contribution is -2.42. The average Bonchev–Trinajstić information content (AvgIpc) is 2.59. The number of hydrogen-bond acceptors (Lipinski definition) is 5. The molecule has 0 fully saturated rings. The minimum Gasteiger partial charge on any atom is -0.367 e. The molecule has 0 atom stereocenters. The SMILES string of the molecule is O=C1COCC2=C1C(c1ccc(C(F)(F)F)c([125I])c1)C1=C(COCC1=O)N2. The van der Waals surface area contributed by atoms with Crippen LogP contribution in [0.15, 0.2) is 40.7 Å². The van der Waals surface area contributed by atoms with Gasteiger partial charge >= 0.3 is 6.18 Å². The van der Waals surface area contributed by atoms with Crippen molar-refractivity contribution in [3.63, 3.8) is 0 Å². The molecule has 0 spiro atoms. The zero-order valence-corrected chi connectivity index (χ0v) is 15.9. The Morgan fingerprint density at radius 1 is 0.963 bits per heavy atom. The van der Waals surface area contributed by atoms with Gasteiger partial charge in [-0.15, -0.1) is 0 Å². The number of benzene rings is 1. The van der Waals surface area contributed by atoms with E-state index in [1.165, 1.54) is 12.1 Å². The first-order valence-corrected chi connectivity index (χ1v) is 9.17. The molecule has 0 radical (unpaired) electrons. The molecular weight excluding hydrogens is 476 g/mol. The standard InChI is InChI=1S/C18H13F3INO4/c19-18(20,21)9-2-1-8(3-10(9)22)15-16-11(4-26-6-13(16)24)23-12-5-27-7-14(25)17(12)15/h1-3,15,23H,4-7H2/i22-2. The van der Waals surface area contributed by atoms with Gasteiger partial charge in [0.15, 0.2) is 11.6 Å². The van der Waals surface area contributed by atoms with Crippen molar-refractivity contribution in [2.45, 2.75) is 12.1 Å². The second kappa shape index (κ2) is 6.71. The molecule has 1 N–H and O–H groups in total. The third-order valence-corrected chi connectivity index (χ3v) is 5.61. The Morgan fingerprint density at radius 3 is 2.00 bits per heavy atom. The van der Waals surface area contributed by atoms with Crippen LogP contribution in [0.3, 0.4) is 0 Å². The highest BCUT2D eigenvalue weighted by molar-refractivity contribution is 14.1. The highest BCUT2D eigenvalue weighted by Crippen LogP contribution is 2.43. The van der Waals surface area contributed by atoms with Crippen molar-refractivity contribution in [1.29, 1.82) is 0 Å². The van der Waals surface area contributed by atoms with E-state index < -0.39 is 17.7 Å². The van der Waals surface area contributed by atoms with E-state index in [1.54, 1.807) is 22.6 Å². The smallest absolute Gasteiger partial charge is 0.367 e. The summed E-state index contributed by atoms with van der Waals surface area (Å²) in [5.41, 5.74) is 1.54. The predicted octanol–water partition coefficient (Wildman–Crippen LogP) is 2.70. The Hall–Kier alpha value is -1.72. The summed E-state index contributed by atoms with van der Waals surface area (Å²) in [5.74, 6) is -1.29. The third-order valence-electron chi connectivity index (χ3n) is 4.72.